The van der Waals surface area contributed by atoms with Gasteiger partial charge in [0, 0.05) is 25.3 Å². The second-order valence-corrected chi connectivity index (χ2v) is 7.40. The molecule has 23 heavy (non-hydrogen) atoms. The maximum Gasteiger partial charge on any atom is 0.269 e. The molecule has 128 valence electrons. The number of hydrogen-bond donors (Lipinski definition) is 1. The molecular weight excluding hydrogens is 320 g/mol. The second kappa shape index (κ2) is 8.37. The van der Waals surface area contributed by atoms with E-state index in [4.69, 9.17) is 4.74 Å². The van der Waals surface area contributed by atoms with Crippen LogP contribution in [0.1, 0.15) is 38.5 Å². The summed E-state index contributed by atoms with van der Waals surface area (Å²) in [5.74, 6) is 0. The minimum atomic E-state index is -3.64. The van der Waals surface area contributed by atoms with Crippen LogP contribution in [-0.4, -0.2) is 32.6 Å². The normalized spacial score (nSPS) is 16.3. The number of nitrogens with zero attached hydrogens (tertiary/aromatic N) is 1. The van der Waals surface area contributed by atoms with Crippen LogP contribution in [0.15, 0.2) is 29.2 Å². The van der Waals surface area contributed by atoms with Gasteiger partial charge in [0.25, 0.3) is 5.69 Å². The van der Waals surface area contributed by atoms with E-state index in [-0.39, 0.29) is 17.1 Å². The lowest BCUT2D eigenvalue weighted by Crippen LogP contribution is -2.26. The first kappa shape index (κ1) is 17.8. The third kappa shape index (κ3) is 5.56. The summed E-state index contributed by atoms with van der Waals surface area (Å²) in [6.07, 6.45) is 6.78. The predicted molar refractivity (Wildman–Crippen MR) is 85.7 cm³/mol. The molecule has 0 bridgehead atoms. The summed E-state index contributed by atoms with van der Waals surface area (Å²) in [5, 5.41) is 10.6. The number of benzene rings is 1. The molecule has 1 aromatic carbocycles. The molecule has 0 atom stereocenters. The van der Waals surface area contributed by atoms with E-state index in [1.807, 2.05) is 0 Å². The Kier molecular flexibility index (Phi) is 6.49. The van der Waals surface area contributed by atoms with Crippen molar-refractivity contribution in [1.82, 2.24) is 4.72 Å². The number of nitrogens with one attached hydrogen (secondary N) is 1. The molecule has 7 nitrogen and oxygen atoms in total. The van der Waals surface area contributed by atoms with Gasteiger partial charge >= 0.3 is 0 Å². The zero-order valence-corrected chi connectivity index (χ0v) is 13.8. The van der Waals surface area contributed by atoms with Gasteiger partial charge in [0.15, 0.2) is 0 Å². The third-order valence-corrected chi connectivity index (χ3v) is 5.35. The summed E-state index contributed by atoms with van der Waals surface area (Å²) in [7, 11) is -3.64. The number of sulfonamides is 1. The largest absolute Gasteiger partial charge is 0.378 e. The summed E-state index contributed by atoms with van der Waals surface area (Å²) < 4.78 is 32.3. The molecule has 8 heteroatoms. The predicted octanol–water partition coefficient (Wildman–Crippen LogP) is 2.61. The van der Waals surface area contributed by atoms with Gasteiger partial charge in [-0.1, -0.05) is 19.3 Å². The quantitative estimate of drug-likeness (QED) is 0.445. The highest BCUT2D eigenvalue weighted by Gasteiger charge is 2.16. The molecule has 1 aromatic rings. The first-order valence-corrected chi connectivity index (χ1v) is 9.33. The smallest absolute Gasteiger partial charge is 0.269 e. The van der Waals surface area contributed by atoms with E-state index in [1.165, 1.54) is 43.5 Å². The van der Waals surface area contributed by atoms with Crippen molar-refractivity contribution in [3.05, 3.63) is 34.4 Å². The van der Waals surface area contributed by atoms with E-state index < -0.39 is 14.9 Å². The number of hydrogen-bond acceptors (Lipinski definition) is 5. The Balaban J connectivity index is 1.74. The highest BCUT2D eigenvalue weighted by Crippen LogP contribution is 2.20. The van der Waals surface area contributed by atoms with Crippen LogP contribution in [0.2, 0.25) is 0 Å². The van der Waals surface area contributed by atoms with Crippen LogP contribution in [0, 0.1) is 10.1 Å². The van der Waals surface area contributed by atoms with E-state index in [2.05, 4.69) is 4.72 Å². The van der Waals surface area contributed by atoms with E-state index in [0.29, 0.717) is 19.1 Å². The molecule has 1 aliphatic carbocycles. The molecule has 1 saturated carbocycles. The molecule has 0 radical (unpaired) electrons. The monoisotopic (exact) mass is 342 g/mol. The Hall–Kier alpha value is -1.51. The SMILES string of the molecule is O=[N+]([O-])c1ccc(S(=O)(=O)NCCCOC2CCCCC2)cc1. The van der Waals surface area contributed by atoms with Gasteiger partial charge in [0.1, 0.15) is 0 Å². The standard InChI is InChI=1S/C15H22N2O5S/c18-17(19)13-7-9-15(10-8-13)23(20,21)16-11-4-12-22-14-5-2-1-3-6-14/h7-10,14,16H,1-6,11-12H2. The number of rotatable bonds is 8. The highest BCUT2D eigenvalue weighted by atomic mass is 32.2. The minimum absolute atomic E-state index is 0.0244. The Morgan fingerprint density at radius 1 is 1.17 bits per heavy atom. The fourth-order valence-corrected chi connectivity index (χ4v) is 3.66. The van der Waals surface area contributed by atoms with Crippen LogP contribution < -0.4 is 4.72 Å². The third-order valence-electron chi connectivity index (χ3n) is 3.88. The van der Waals surface area contributed by atoms with Gasteiger partial charge < -0.3 is 4.74 Å². The van der Waals surface area contributed by atoms with Crippen molar-refractivity contribution < 1.29 is 18.1 Å². The van der Waals surface area contributed by atoms with E-state index >= 15 is 0 Å². The Morgan fingerprint density at radius 3 is 2.43 bits per heavy atom. The van der Waals surface area contributed by atoms with Gasteiger partial charge in [-0.2, -0.15) is 0 Å². The Morgan fingerprint density at radius 2 is 1.83 bits per heavy atom. The van der Waals surface area contributed by atoms with E-state index in [0.717, 1.165) is 12.8 Å². The van der Waals surface area contributed by atoms with Crippen LogP contribution in [0.25, 0.3) is 0 Å². The Labute approximate surface area is 136 Å². The van der Waals surface area contributed by atoms with Gasteiger partial charge in [-0.3, -0.25) is 10.1 Å². The van der Waals surface area contributed by atoms with Crippen molar-refractivity contribution >= 4 is 15.7 Å². The van der Waals surface area contributed by atoms with Crippen LogP contribution >= 0.6 is 0 Å². The molecule has 0 unspecified atom stereocenters. The fraction of sp³-hybridized carbons (Fsp3) is 0.600. The maximum absolute atomic E-state index is 12.1. The maximum atomic E-state index is 12.1. The van der Waals surface area contributed by atoms with Crippen molar-refractivity contribution in [3.63, 3.8) is 0 Å². The second-order valence-electron chi connectivity index (χ2n) is 5.63. The molecule has 0 heterocycles. The van der Waals surface area contributed by atoms with Crippen molar-refractivity contribution in [3.8, 4) is 0 Å². The number of non-ortho nitro benzene ring substituents is 1. The van der Waals surface area contributed by atoms with Gasteiger partial charge in [0.05, 0.1) is 15.9 Å². The van der Waals surface area contributed by atoms with E-state index in [1.54, 1.807) is 0 Å². The summed E-state index contributed by atoms with van der Waals surface area (Å²) >= 11 is 0. The van der Waals surface area contributed by atoms with Crippen molar-refractivity contribution in [2.24, 2.45) is 0 Å². The first-order chi connectivity index (χ1) is 11.0. The molecule has 0 amide bonds. The van der Waals surface area contributed by atoms with Gasteiger partial charge in [-0.25, -0.2) is 13.1 Å². The summed E-state index contributed by atoms with van der Waals surface area (Å²) in [4.78, 5) is 10.0. The lowest BCUT2D eigenvalue weighted by molar-refractivity contribution is -0.384. The van der Waals surface area contributed by atoms with Crippen LogP contribution in [0.4, 0.5) is 5.69 Å². The van der Waals surface area contributed by atoms with Gasteiger partial charge in [-0.05, 0) is 31.4 Å². The summed E-state index contributed by atoms with van der Waals surface area (Å²) in [5.41, 5.74) is -0.134. The molecule has 0 aromatic heterocycles. The average molecular weight is 342 g/mol. The van der Waals surface area contributed by atoms with Crippen molar-refractivity contribution in [1.29, 1.82) is 0 Å². The van der Waals surface area contributed by atoms with Crippen LogP contribution in [0.5, 0.6) is 0 Å². The molecule has 1 fully saturated rings. The number of nitro groups is 1. The lowest BCUT2D eigenvalue weighted by Gasteiger charge is -2.21. The highest BCUT2D eigenvalue weighted by molar-refractivity contribution is 7.89. The zero-order chi connectivity index (χ0) is 16.7. The molecule has 2 rings (SSSR count). The average Bonchev–Trinajstić information content (AvgIpc) is 2.55. The topological polar surface area (TPSA) is 98.5 Å². The molecular formula is C15H22N2O5S. The van der Waals surface area contributed by atoms with Gasteiger partial charge in [-0.15, -0.1) is 0 Å². The lowest BCUT2D eigenvalue weighted by atomic mass is 9.98. The number of ether oxygens (including phenoxy) is 1. The molecule has 0 aliphatic heterocycles. The zero-order valence-electron chi connectivity index (χ0n) is 12.9. The minimum Gasteiger partial charge on any atom is -0.378 e. The molecule has 1 N–H and O–H groups in total. The molecule has 0 saturated heterocycles. The van der Waals surface area contributed by atoms with Gasteiger partial charge in [0.2, 0.25) is 10.0 Å². The van der Waals surface area contributed by atoms with Crippen molar-refractivity contribution in [2.75, 3.05) is 13.2 Å². The van der Waals surface area contributed by atoms with Crippen LogP contribution in [0.3, 0.4) is 0 Å². The van der Waals surface area contributed by atoms with Crippen LogP contribution in [-0.2, 0) is 14.8 Å². The fourth-order valence-electron chi connectivity index (χ4n) is 2.59. The summed E-state index contributed by atoms with van der Waals surface area (Å²) in [6.45, 7) is 0.819. The van der Waals surface area contributed by atoms with Crippen molar-refractivity contribution in [2.45, 2.75) is 49.5 Å². The number of nitro benzene ring substituents is 1. The molecule has 1 aliphatic rings. The Bertz CT molecular complexity index is 609. The summed E-state index contributed by atoms with van der Waals surface area (Å²) in [6, 6.07) is 4.83. The molecule has 0 spiro atoms. The van der Waals surface area contributed by atoms with E-state index in [9.17, 15) is 18.5 Å². The first-order valence-electron chi connectivity index (χ1n) is 7.85.